The molecule has 0 unspecified atom stereocenters. The van der Waals surface area contributed by atoms with E-state index in [1.54, 1.807) is 0 Å². The number of aliphatic hydroxyl groups is 1. The molecule has 3 aromatic rings. The van der Waals surface area contributed by atoms with Crippen molar-refractivity contribution in [2.75, 3.05) is 13.2 Å². The first-order chi connectivity index (χ1) is 17.0. The summed E-state index contributed by atoms with van der Waals surface area (Å²) >= 11 is 0. The Morgan fingerprint density at radius 1 is 1.06 bits per heavy atom. The third kappa shape index (κ3) is 5.00. The van der Waals surface area contributed by atoms with Crippen molar-refractivity contribution in [3.05, 3.63) is 94.8 Å². The Labute approximate surface area is 209 Å². The topological polar surface area (TPSA) is 51.6 Å². The lowest BCUT2D eigenvalue weighted by Crippen LogP contribution is -2.52. The lowest BCUT2D eigenvalue weighted by Gasteiger charge is -2.53. The first kappa shape index (κ1) is 24.0. The molecule has 184 valence electrons. The van der Waals surface area contributed by atoms with Crippen LogP contribution in [0.3, 0.4) is 0 Å². The summed E-state index contributed by atoms with van der Waals surface area (Å²) in [7, 11) is 0. The summed E-state index contributed by atoms with van der Waals surface area (Å²) in [5.74, 6) is 1.35. The maximum absolute atomic E-state index is 11.4. The molecule has 2 aliphatic rings. The van der Waals surface area contributed by atoms with Crippen LogP contribution in [0, 0.1) is 12.8 Å². The molecule has 35 heavy (non-hydrogen) atoms. The van der Waals surface area contributed by atoms with E-state index in [9.17, 15) is 5.11 Å². The summed E-state index contributed by atoms with van der Waals surface area (Å²) in [6.07, 6.45) is 7.47. The number of nitrogens with zero attached hydrogens (tertiary/aromatic N) is 1. The fourth-order valence-corrected chi connectivity index (χ4v) is 6.37. The monoisotopic (exact) mass is 471 g/mol. The van der Waals surface area contributed by atoms with Gasteiger partial charge in [0.2, 0.25) is 0 Å². The molecule has 0 spiro atoms. The van der Waals surface area contributed by atoms with Gasteiger partial charge in [-0.15, -0.1) is 0 Å². The zero-order valence-electron chi connectivity index (χ0n) is 21.0. The van der Waals surface area contributed by atoms with Crippen molar-refractivity contribution in [1.29, 1.82) is 0 Å². The van der Waals surface area contributed by atoms with E-state index in [0.717, 1.165) is 55.5 Å². The SMILES string of the molecule is CCOC[C@@]1(O)CC[C@@]2(Cc3ccccc3)c3ccc(OCc4cccnc4C)cc3CC[C@@H]2C1. The van der Waals surface area contributed by atoms with Crippen molar-refractivity contribution in [3.8, 4) is 5.75 Å². The van der Waals surface area contributed by atoms with Crippen LogP contribution < -0.4 is 4.74 Å². The molecule has 1 saturated carbocycles. The van der Waals surface area contributed by atoms with Crippen molar-refractivity contribution in [1.82, 2.24) is 4.98 Å². The predicted molar refractivity (Wildman–Crippen MR) is 139 cm³/mol. The minimum absolute atomic E-state index is 0.0336. The van der Waals surface area contributed by atoms with Crippen LogP contribution in [0.25, 0.3) is 0 Å². The molecule has 0 aliphatic heterocycles. The Bertz CT molecular complexity index is 1150. The molecule has 1 fully saturated rings. The van der Waals surface area contributed by atoms with Crippen LogP contribution in [0.1, 0.15) is 60.6 Å². The number of aryl methyl sites for hydroxylation is 2. The highest BCUT2D eigenvalue weighted by molar-refractivity contribution is 5.45. The maximum atomic E-state index is 11.4. The third-order valence-electron chi connectivity index (χ3n) is 8.27. The summed E-state index contributed by atoms with van der Waals surface area (Å²) in [4.78, 5) is 4.38. The molecule has 1 heterocycles. The van der Waals surface area contributed by atoms with Crippen LogP contribution in [0.5, 0.6) is 5.75 Å². The lowest BCUT2D eigenvalue weighted by molar-refractivity contribution is -0.0990. The van der Waals surface area contributed by atoms with E-state index in [1.807, 2.05) is 26.1 Å². The van der Waals surface area contributed by atoms with E-state index in [4.69, 9.17) is 9.47 Å². The standard InChI is InChI=1S/C31H37NO3/c1-3-34-22-30(33)15-16-31(19-24-8-5-4-6-9-24)27(20-30)12-11-25-18-28(13-14-29(25)31)35-21-26-10-7-17-32-23(26)2/h4-10,13-14,17-18,27,33H,3,11-12,15-16,19-22H2,1-2H3/t27-,30-,31+/m1/s1. The number of hydrogen-bond acceptors (Lipinski definition) is 4. The van der Waals surface area contributed by atoms with Gasteiger partial charge in [0.1, 0.15) is 12.4 Å². The number of ether oxygens (including phenoxy) is 2. The van der Waals surface area contributed by atoms with Crippen LogP contribution in [0.15, 0.2) is 66.9 Å². The van der Waals surface area contributed by atoms with Crippen LogP contribution >= 0.6 is 0 Å². The lowest BCUT2D eigenvalue weighted by atomic mass is 9.52. The fraction of sp³-hybridized carbons (Fsp3) is 0.452. The third-order valence-corrected chi connectivity index (χ3v) is 8.27. The molecule has 0 bridgehead atoms. The maximum Gasteiger partial charge on any atom is 0.120 e. The first-order valence-electron chi connectivity index (χ1n) is 13.0. The van der Waals surface area contributed by atoms with Crippen LogP contribution in [-0.4, -0.2) is 28.9 Å². The Hall–Kier alpha value is -2.69. The summed E-state index contributed by atoms with van der Waals surface area (Å²) < 4.78 is 11.9. The highest BCUT2D eigenvalue weighted by atomic mass is 16.5. The Balaban J connectivity index is 1.44. The summed E-state index contributed by atoms with van der Waals surface area (Å²) in [6.45, 7) is 5.63. The molecule has 3 atom stereocenters. The molecule has 1 N–H and O–H groups in total. The molecule has 2 aliphatic carbocycles. The van der Waals surface area contributed by atoms with Gasteiger partial charge in [0.15, 0.2) is 0 Å². The number of aromatic nitrogens is 1. The van der Waals surface area contributed by atoms with Crippen molar-refractivity contribution in [3.63, 3.8) is 0 Å². The van der Waals surface area contributed by atoms with Crippen molar-refractivity contribution in [2.24, 2.45) is 5.92 Å². The average molecular weight is 472 g/mol. The van der Waals surface area contributed by atoms with Crippen LogP contribution in [0.2, 0.25) is 0 Å². The van der Waals surface area contributed by atoms with Crippen LogP contribution in [-0.2, 0) is 29.6 Å². The van der Waals surface area contributed by atoms with E-state index < -0.39 is 5.60 Å². The molecule has 4 nitrogen and oxygen atoms in total. The van der Waals surface area contributed by atoms with E-state index in [1.165, 1.54) is 16.7 Å². The summed E-state index contributed by atoms with van der Waals surface area (Å²) in [5.41, 5.74) is 5.65. The first-order valence-corrected chi connectivity index (χ1v) is 13.0. The minimum atomic E-state index is -0.719. The van der Waals surface area contributed by atoms with Crippen molar-refractivity contribution < 1.29 is 14.6 Å². The molecular formula is C31H37NO3. The molecule has 1 aromatic heterocycles. The van der Waals surface area contributed by atoms with E-state index >= 15 is 0 Å². The van der Waals surface area contributed by atoms with Gasteiger partial charge in [-0.05, 0) is 93.2 Å². The predicted octanol–water partition coefficient (Wildman–Crippen LogP) is 5.96. The zero-order valence-corrected chi connectivity index (χ0v) is 21.0. The highest BCUT2D eigenvalue weighted by Crippen LogP contribution is 2.54. The van der Waals surface area contributed by atoms with E-state index in [-0.39, 0.29) is 5.41 Å². The second-order valence-electron chi connectivity index (χ2n) is 10.5. The average Bonchev–Trinajstić information content (AvgIpc) is 2.88. The Morgan fingerprint density at radius 3 is 2.71 bits per heavy atom. The van der Waals surface area contributed by atoms with Gasteiger partial charge in [0, 0.05) is 29.5 Å². The normalized spacial score (nSPS) is 25.5. The summed E-state index contributed by atoms with van der Waals surface area (Å²) in [6, 6.07) is 21.6. The quantitative estimate of drug-likeness (QED) is 0.440. The zero-order chi connectivity index (χ0) is 24.3. The molecular weight excluding hydrogens is 434 g/mol. The fourth-order valence-electron chi connectivity index (χ4n) is 6.37. The number of benzene rings is 2. The highest BCUT2D eigenvalue weighted by Gasteiger charge is 2.51. The molecule has 4 heteroatoms. The van der Waals surface area contributed by atoms with Gasteiger partial charge in [-0.25, -0.2) is 0 Å². The van der Waals surface area contributed by atoms with Gasteiger partial charge < -0.3 is 14.6 Å². The number of pyridine rings is 1. The largest absolute Gasteiger partial charge is 0.489 e. The van der Waals surface area contributed by atoms with Gasteiger partial charge in [0.25, 0.3) is 0 Å². The van der Waals surface area contributed by atoms with Crippen molar-refractivity contribution >= 4 is 0 Å². The van der Waals surface area contributed by atoms with E-state index in [0.29, 0.717) is 25.7 Å². The van der Waals surface area contributed by atoms with Gasteiger partial charge in [-0.2, -0.15) is 0 Å². The van der Waals surface area contributed by atoms with Gasteiger partial charge in [-0.3, -0.25) is 4.98 Å². The number of rotatable bonds is 8. The second kappa shape index (κ2) is 10.1. The molecule has 0 amide bonds. The Morgan fingerprint density at radius 2 is 1.91 bits per heavy atom. The Kier molecular flexibility index (Phi) is 6.95. The molecule has 5 rings (SSSR count). The van der Waals surface area contributed by atoms with Gasteiger partial charge >= 0.3 is 0 Å². The second-order valence-corrected chi connectivity index (χ2v) is 10.5. The summed E-state index contributed by atoms with van der Waals surface area (Å²) in [5, 5.41) is 11.4. The van der Waals surface area contributed by atoms with Gasteiger partial charge in [0.05, 0.1) is 12.2 Å². The van der Waals surface area contributed by atoms with Crippen molar-refractivity contribution in [2.45, 2.75) is 70.0 Å². The molecule has 2 aromatic carbocycles. The number of fused-ring (bicyclic) bond motifs is 3. The minimum Gasteiger partial charge on any atom is -0.489 e. The smallest absolute Gasteiger partial charge is 0.120 e. The molecule has 0 radical (unpaired) electrons. The van der Waals surface area contributed by atoms with Crippen LogP contribution in [0.4, 0.5) is 0 Å². The molecule has 0 saturated heterocycles. The number of hydrogen-bond donors (Lipinski definition) is 1. The van der Waals surface area contributed by atoms with Gasteiger partial charge in [-0.1, -0.05) is 42.5 Å². The van der Waals surface area contributed by atoms with E-state index in [2.05, 4.69) is 59.6 Å².